The van der Waals surface area contributed by atoms with Gasteiger partial charge in [-0.1, -0.05) is 20.3 Å². The minimum absolute atomic E-state index is 0.321. The largest absolute Gasteiger partial charge is 0.320 e. The number of nitrogens with one attached hydrogen (secondary N) is 1. The molecule has 0 radical (unpaired) electrons. The van der Waals surface area contributed by atoms with E-state index < -0.39 is 0 Å². The summed E-state index contributed by atoms with van der Waals surface area (Å²) in [6.07, 6.45) is 5.14. The first-order valence-electron chi connectivity index (χ1n) is 5.43. The molecule has 0 spiro atoms. The Hall–Kier alpha value is -0.370. The van der Waals surface area contributed by atoms with Gasteiger partial charge >= 0.3 is 0 Å². The number of carbonyl (C=O) groups is 1. The molecule has 0 aromatic carbocycles. The van der Waals surface area contributed by atoms with Crippen LogP contribution in [-0.4, -0.2) is 19.4 Å². The third-order valence-electron chi connectivity index (χ3n) is 2.53. The number of rotatable bonds is 8. The molecule has 78 valence electrons. The van der Waals surface area contributed by atoms with E-state index in [1.165, 1.54) is 12.8 Å². The van der Waals surface area contributed by atoms with Crippen molar-refractivity contribution >= 4 is 5.78 Å². The Labute approximate surface area is 82.1 Å². The first-order valence-corrected chi connectivity index (χ1v) is 5.43. The van der Waals surface area contributed by atoms with Crippen LogP contribution >= 0.6 is 0 Å². The Balaban J connectivity index is 3.53. The van der Waals surface area contributed by atoms with Crippen LogP contribution < -0.4 is 5.32 Å². The summed E-state index contributed by atoms with van der Waals surface area (Å²) in [5.41, 5.74) is 0. The minimum atomic E-state index is 0.321. The summed E-state index contributed by atoms with van der Waals surface area (Å²) in [6.45, 7) is 5.13. The van der Waals surface area contributed by atoms with E-state index in [1.54, 1.807) is 0 Å². The van der Waals surface area contributed by atoms with Gasteiger partial charge in [0.15, 0.2) is 0 Å². The van der Waals surface area contributed by atoms with Crippen LogP contribution in [-0.2, 0) is 4.79 Å². The molecule has 13 heavy (non-hydrogen) atoms. The van der Waals surface area contributed by atoms with Gasteiger partial charge in [0.25, 0.3) is 0 Å². The van der Waals surface area contributed by atoms with Crippen LogP contribution in [0.2, 0.25) is 0 Å². The van der Waals surface area contributed by atoms with E-state index in [2.05, 4.69) is 12.2 Å². The van der Waals surface area contributed by atoms with Gasteiger partial charge in [0, 0.05) is 12.3 Å². The van der Waals surface area contributed by atoms with Crippen LogP contribution in [0.3, 0.4) is 0 Å². The molecule has 1 atom stereocenters. The van der Waals surface area contributed by atoms with Crippen molar-refractivity contribution < 1.29 is 4.79 Å². The molecular weight excluding hydrogens is 162 g/mol. The van der Waals surface area contributed by atoms with E-state index in [0.29, 0.717) is 18.1 Å². The molecule has 0 aromatic heterocycles. The van der Waals surface area contributed by atoms with Crippen molar-refractivity contribution in [3.63, 3.8) is 0 Å². The third-order valence-corrected chi connectivity index (χ3v) is 2.53. The fourth-order valence-corrected chi connectivity index (χ4v) is 1.57. The molecule has 0 fully saturated rings. The molecule has 0 heterocycles. The first-order chi connectivity index (χ1) is 6.26. The lowest BCUT2D eigenvalue weighted by Crippen LogP contribution is -2.13. The SMILES string of the molecule is CCC(=O)[C@@H](CC)CCCCNC. The summed E-state index contributed by atoms with van der Waals surface area (Å²) in [5, 5.41) is 3.12. The number of Topliss-reactive ketones (excluding diaryl/α,β-unsaturated/α-hetero) is 1. The zero-order valence-electron chi connectivity index (χ0n) is 9.23. The standard InChI is InChI=1S/C11H23NO/c1-4-10(11(13)5-2)8-6-7-9-12-3/h10,12H,4-9H2,1-3H3/t10-/m0/s1. The highest BCUT2D eigenvalue weighted by Gasteiger charge is 2.12. The summed E-state index contributed by atoms with van der Waals surface area (Å²) in [5.74, 6) is 0.758. The van der Waals surface area contributed by atoms with E-state index in [1.807, 2.05) is 14.0 Å². The third kappa shape index (κ3) is 5.81. The molecule has 2 nitrogen and oxygen atoms in total. The second-order valence-electron chi connectivity index (χ2n) is 3.52. The van der Waals surface area contributed by atoms with Crippen molar-refractivity contribution in [3.8, 4) is 0 Å². The molecule has 2 heteroatoms. The Morgan fingerprint density at radius 1 is 1.31 bits per heavy atom. The van der Waals surface area contributed by atoms with Crippen LogP contribution in [0.5, 0.6) is 0 Å². The van der Waals surface area contributed by atoms with Crippen LogP contribution in [0.1, 0.15) is 46.0 Å². The van der Waals surface area contributed by atoms with Gasteiger partial charge in [-0.3, -0.25) is 4.79 Å². The molecule has 0 rings (SSSR count). The molecule has 0 bridgehead atoms. The summed E-state index contributed by atoms with van der Waals surface area (Å²) in [7, 11) is 1.97. The van der Waals surface area contributed by atoms with Gasteiger partial charge in [0.05, 0.1) is 0 Å². The lowest BCUT2D eigenvalue weighted by molar-refractivity contribution is -0.122. The lowest BCUT2D eigenvalue weighted by atomic mass is 9.93. The lowest BCUT2D eigenvalue weighted by Gasteiger charge is -2.11. The van der Waals surface area contributed by atoms with E-state index in [4.69, 9.17) is 0 Å². The first kappa shape index (κ1) is 12.6. The molecule has 0 saturated heterocycles. The van der Waals surface area contributed by atoms with Crippen molar-refractivity contribution in [3.05, 3.63) is 0 Å². The van der Waals surface area contributed by atoms with Crippen molar-refractivity contribution in [1.82, 2.24) is 5.32 Å². The number of ketones is 1. The maximum atomic E-state index is 11.4. The Kier molecular flexibility index (Phi) is 8.00. The number of unbranched alkanes of at least 4 members (excludes halogenated alkanes) is 1. The molecule has 1 N–H and O–H groups in total. The topological polar surface area (TPSA) is 29.1 Å². The minimum Gasteiger partial charge on any atom is -0.320 e. The normalized spacial score (nSPS) is 12.8. The van der Waals surface area contributed by atoms with Gasteiger partial charge in [-0.15, -0.1) is 0 Å². The highest BCUT2D eigenvalue weighted by Crippen LogP contribution is 2.14. The summed E-state index contributed by atoms with van der Waals surface area (Å²) < 4.78 is 0. The predicted octanol–water partition coefficient (Wildman–Crippen LogP) is 2.38. The molecule has 0 aromatic rings. The highest BCUT2D eigenvalue weighted by molar-refractivity contribution is 5.80. The second kappa shape index (κ2) is 8.24. The second-order valence-corrected chi connectivity index (χ2v) is 3.52. The summed E-state index contributed by atoms with van der Waals surface area (Å²) in [6, 6.07) is 0. The Morgan fingerprint density at radius 2 is 2.00 bits per heavy atom. The monoisotopic (exact) mass is 185 g/mol. The fraction of sp³-hybridized carbons (Fsp3) is 0.909. The van der Waals surface area contributed by atoms with Gasteiger partial charge < -0.3 is 5.32 Å². The van der Waals surface area contributed by atoms with Crippen molar-refractivity contribution in [2.45, 2.75) is 46.0 Å². The van der Waals surface area contributed by atoms with E-state index in [0.717, 1.165) is 19.4 Å². The van der Waals surface area contributed by atoms with E-state index in [-0.39, 0.29) is 0 Å². The molecule has 0 unspecified atom stereocenters. The molecule has 0 saturated carbocycles. The maximum absolute atomic E-state index is 11.4. The van der Waals surface area contributed by atoms with E-state index in [9.17, 15) is 4.79 Å². The maximum Gasteiger partial charge on any atom is 0.135 e. The number of carbonyl (C=O) groups excluding carboxylic acids is 1. The van der Waals surface area contributed by atoms with Gasteiger partial charge in [-0.05, 0) is 32.9 Å². The number of hydrogen-bond donors (Lipinski definition) is 1. The molecule has 0 aliphatic rings. The predicted molar refractivity (Wildman–Crippen MR) is 56.9 cm³/mol. The van der Waals surface area contributed by atoms with Crippen LogP contribution in [0, 0.1) is 5.92 Å². The molecule has 0 aliphatic carbocycles. The summed E-state index contributed by atoms with van der Waals surface area (Å²) >= 11 is 0. The van der Waals surface area contributed by atoms with Crippen LogP contribution in [0.4, 0.5) is 0 Å². The van der Waals surface area contributed by atoms with Crippen molar-refractivity contribution in [2.75, 3.05) is 13.6 Å². The van der Waals surface area contributed by atoms with Crippen molar-refractivity contribution in [1.29, 1.82) is 0 Å². The summed E-state index contributed by atoms with van der Waals surface area (Å²) in [4.78, 5) is 11.4. The van der Waals surface area contributed by atoms with Crippen LogP contribution in [0.15, 0.2) is 0 Å². The van der Waals surface area contributed by atoms with Crippen molar-refractivity contribution in [2.24, 2.45) is 5.92 Å². The van der Waals surface area contributed by atoms with Crippen LogP contribution in [0.25, 0.3) is 0 Å². The van der Waals surface area contributed by atoms with Gasteiger partial charge in [0.1, 0.15) is 5.78 Å². The Morgan fingerprint density at radius 3 is 2.46 bits per heavy atom. The van der Waals surface area contributed by atoms with Gasteiger partial charge in [-0.25, -0.2) is 0 Å². The quantitative estimate of drug-likeness (QED) is 0.588. The fourth-order valence-electron chi connectivity index (χ4n) is 1.57. The number of hydrogen-bond acceptors (Lipinski definition) is 2. The Bertz CT molecular complexity index is 134. The average molecular weight is 185 g/mol. The van der Waals surface area contributed by atoms with E-state index >= 15 is 0 Å². The molecule has 0 amide bonds. The molecular formula is C11H23NO. The highest BCUT2D eigenvalue weighted by atomic mass is 16.1. The molecule has 0 aliphatic heterocycles. The zero-order chi connectivity index (χ0) is 10.1. The average Bonchev–Trinajstić information content (AvgIpc) is 2.17. The van der Waals surface area contributed by atoms with Gasteiger partial charge in [-0.2, -0.15) is 0 Å². The smallest absolute Gasteiger partial charge is 0.135 e. The zero-order valence-corrected chi connectivity index (χ0v) is 9.23. The van der Waals surface area contributed by atoms with Gasteiger partial charge in [0.2, 0.25) is 0 Å².